The smallest absolute Gasteiger partial charge is 0.271 e. The summed E-state index contributed by atoms with van der Waals surface area (Å²) >= 11 is 0. The maximum Gasteiger partial charge on any atom is 0.271 e. The van der Waals surface area contributed by atoms with Gasteiger partial charge in [-0.3, -0.25) is 9.59 Å². The first-order valence-corrected chi connectivity index (χ1v) is 9.23. The Hall–Kier alpha value is -3.08. The van der Waals surface area contributed by atoms with Crippen molar-refractivity contribution in [2.24, 2.45) is 0 Å². The molecule has 1 aromatic carbocycles. The van der Waals surface area contributed by atoms with Crippen LogP contribution in [0, 0.1) is 6.92 Å². The number of hydrogen-bond acceptors (Lipinski definition) is 3. The first-order valence-electron chi connectivity index (χ1n) is 9.23. The van der Waals surface area contributed by atoms with Crippen LogP contribution in [0.5, 0.6) is 0 Å². The molecule has 0 saturated carbocycles. The molecule has 0 saturated heterocycles. The molecule has 138 valence electrons. The number of furan rings is 1. The van der Waals surface area contributed by atoms with Crippen LogP contribution in [0.1, 0.15) is 56.3 Å². The van der Waals surface area contributed by atoms with Crippen molar-refractivity contribution >= 4 is 11.7 Å². The van der Waals surface area contributed by atoms with Gasteiger partial charge >= 0.3 is 0 Å². The van der Waals surface area contributed by atoms with E-state index < -0.39 is 0 Å². The predicted molar refractivity (Wildman–Crippen MR) is 102 cm³/mol. The summed E-state index contributed by atoms with van der Waals surface area (Å²) in [6.45, 7) is 2.70. The van der Waals surface area contributed by atoms with E-state index >= 15 is 0 Å². The number of rotatable bonds is 5. The maximum absolute atomic E-state index is 13.4. The van der Waals surface area contributed by atoms with Crippen LogP contribution in [0.25, 0.3) is 0 Å². The highest BCUT2D eigenvalue weighted by atomic mass is 16.3. The quantitative estimate of drug-likeness (QED) is 0.737. The number of amides is 1. The molecule has 3 aromatic rings. The fourth-order valence-electron chi connectivity index (χ4n) is 3.74. The summed E-state index contributed by atoms with van der Waals surface area (Å²) in [5.41, 5.74) is 3.92. The zero-order chi connectivity index (χ0) is 18.8. The largest absolute Gasteiger partial charge is 0.467 e. The molecule has 0 unspecified atom stereocenters. The van der Waals surface area contributed by atoms with Gasteiger partial charge < -0.3 is 14.3 Å². The summed E-state index contributed by atoms with van der Waals surface area (Å²) in [6.07, 6.45) is 3.81. The number of aromatic amines is 1. The van der Waals surface area contributed by atoms with E-state index in [0.29, 0.717) is 30.8 Å². The van der Waals surface area contributed by atoms with Crippen molar-refractivity contribution in [2.45, 2.75) is 39.3 Å². The Balaban J connectivity index is 1.67. The second-order valence-corrected chi connectivity index (χ2v) is 6.98. The van der Waals surface area contributed by atoms with Crippen molar-refractivity contribution in [1.29, 1.82) is 0 Å². The molecule has 2 heterocycles. The minimum absolute atomic E-state index is 0.116. The van der Waals surface area contributed by atoms with Crippen LogP contribution in [0.2, 0.25) is 0 Å². The fourth-order valence-corrected chi connectivity index (χ4v) is 3.74. The number of benzene rings is 1. The number of fused-ring (bicyclic) bond motifs is 1. The Morgan fingerprint density at radius 1 is 1.11 bits per heavy atom. The number of aromatic nitrogens is 1. The SMILES string of the molecule is Cc1c(C(=O)N(Cc2ccccc2)Cc2ccco2)[nH]c2c1C(=O)CCC2. The molecule has 1 aliphatic carbocycles. The standard InChI is InChI=1S/C22H22N2O3/c1-15-20-18(10-5-11-19(20)25)23-21(15)22(26)24(14-17-9-6-12-27-17)13-16-7-3-2-4-8-16/h2-4,6-9,12,23H,5,10-11,13-14H2,1H3. The molecule has 1 amide bonds. The molecule has 0 bridgehead atoms. The third-order valence-electron chi connectivity index (χ3n) is 5.08. The van der Waals surface area contributed by atoms with Gasteiger partial charge in [0, 0.05) is 24.2 Å². The Morgan fingerprint density at radius 2 is 1.93 bits per heavy atom. The van der Waals surface area contributed by atoms with Crippen molar-refractivity contribution in [3.05, 3.63) is 82.6 Å². The lowest BCUT2D eigenvalue weighted by atomic mass is 9.93. The third kappa shape index (κ3) is 3.45. The summed E-state index contributed by atoms with van der Waals surface area (Å²) in [4.78, 5) is 30.7. The van der Waals surface area contributed by atoms with Gasteiger partial charge in [0.25, 0.3) is 5.91 Å². The molecule has 2 aromatic heterocycles. The van der Waals surface area contributed by atoms with E-state index in [1.165, 1.54) is 0 Å². The molecule has 0 atom stereocenters. The summed E-state index contributed by atoms with van der Waals surface area (Å²) in [5.74, 6) is 0.740. The zero-order valence-corrected chi connectivity index (χ0v) is 15.3. The van der Waals surface area contributed by atoms with Gasteiger partial charge in [-0.15, -0.1) is 0 Å². The molecule has 0 aliphatic heterocycles. The number of Topliss-reactive ketones (excluding diaryl/α,β-unsaturated/α-hetero) is 1. The van der Waals surface area contributed by atoms with Crippen LogP contribution in [0.15, 0.2) is 53.1 Å². The van der Waals surface area contributed by atoms with E-state index in [2.05, 4.69) is 4.98 Å². The molecular formula is C22H22N2O3. The second kappa shape index (κ2) is 7.27. The molecule has 5 nitrogen and oxygen atoms in total. The van der Waals surface area contributed by atoms with Crippen molar-refractivity contribution in [1.82, 2.24) is 9.88 Å². The Kier molecular flexibility index (Phi) is 4.67. The average molecular weight is 362 g/mol. The third-order valence-corrected chi connectivity index (χ3v) is 5.08. The van der Waals surface area contributed by atoms with Gasteiger partial charge in [0.1, 0.15) is 11.5 Å². The molecule has 0 radical (unpaired) electrons. The molecule has 0 fully saturated rings. The van der Waals surface area contributed by atoms with E-state index in [-0.39, 0.29) is 11.7 Å². The van der Waals surface area contributed by atoms with Gasteiger partial charge in [-0.05, 0) is 43.0 Å². The van der Waals surface area contributed by atoms with Crippen LogP contribution in [-0.2, 0) is 19.5 Å². The number of nitrogens with one attached hydrogen (secondary N) is 1. The molecular weight excluding hydrogens is 340 g/mol. The Bertz CT molecular complexity index is 955. The number of ketones is 1. The highest BCUT2D eigenvalue weighted by Crippen LogP contribution is 2.28. The number of carbonyl (C=O) groups is 2. The Labute approximate surface area is 158 Å². The molecule has 1 N–H and O–H groups in total. The maximum atomic E-state index is 13.4. The minimum atomic E-state index is -0.116. The number of aryl methyl sites for hydroxylation is 1. The summed E-state index contributed by atoms with van der Waals surface area (Å²) in [7, 11) is 0. The van der Waals surface area contributed by atoms with Crippen molar-refractivity contribution in [2.75, 3.05) is 0 Å². The number of nitrogens with zero attached hydrogens (tertiary/aromatic N) is 1. The zero-order valence-electron chi connectivity index (χ0n) is 15.3. The lowest BCUT2D eigenvalue weighted by Gasteiger charge is -2.22. The molecule has 4 rings (SSSR count). The topological polar surface area (TPSA) is 66.3 Å². The summed E-state index contributed by atoms with van der Waals surface area (Å²) in [6, 6.07) is 13.6. The van der Waals surface area contributed by atoms with E-state index in [9.17, 15) is 9.59 Å². The van der Waals surface area contributed by atoms with Gasteiger partial charge in [0.05, 0.1) is 12.8 Å². The minimum Gasteiger partial charge on any atom is -0.467 e. The summed E-state index contributed by atoms with van der Waals surface area (Å²) < 4.78 is 5.46. The van der Waals surface area contributed by atoms with E-state index in [1.54, 1.807) is 11.2 Å². The van der Waals surface area contributed by atoms with Crippen LogP contribution in [-0.4, -0.2) is 21.6 Å². The van der Waals surface area contributed by atoms with Crippen molar-refractivity contribution < 1.29 is 14.0 Å². The van der Waals surface area contributed by atoms with Gasteiger partial charge in [-0.2, -0.15) is 0 Å². The Morgan fingerprint density at radius 3 is 2.63 bits per heavy atom. The van der Waals surface area contributed by atoms with E-state index in [1.807, 2.05) is 49.4 Å². The van der Waals surface area contributed by atoms with Crippen LogP contribution in [0.4, 0.5) is 0 Å². The molecule has 27 heavy (non-hydrogen) atoms. The number of H-pyrrole nitrogens is 1. The normalized spacial score (nSPS) is 13.4. The average Bonchev–Trinajstić information content (AvgIpc) is 3.30. The highest BCUT2D eigenvalue weighted by Gasteiger charge is 2.28. The van der Waals surface area contributed by atoms with Crippen molar-refractivity contribution in [3.63, 3.8) is 0 Å². The second-order valence-electron chi connectivity index (χ2n) is 6.98. The van der Waals surface area contributed by atoms with Gasteiger partial charge in [-0.1, -0.05) is 30.3 Å². The van der Waals surface area contributed by atoms with Crippen LogP contribution < -0.4 is 0 Å². The highest BCUT2D eigenvalue weighted by molar-refractivity contribution is 6.04. The van der Waals surface area contributed by atoms with Crippen LogP contribution >= 0.6 is 0 Å². The molecule has 0 spiro atoms. The fraction of sp³-hybridized carbons (Fsp3) is 0.273. The predicted octanol–water partition coefficient (Wildman–Crippen LogP) is 4.28. The summed E-state index contributed by atoms with van der Waals surface area (Å²) in [5, 5.41) is 0. The monoisotopic (exact) mass is 362 g/mol. The van der Waals surface area contributed by atoms with E-state index in [0.717, 1.165) is 35.4 Å². The lowest BCUT2D eigenvalue weighted by Crippen LogP contribution is -2.30. The van der Waals surface area contributed by atoms with Crippen molar-refractivity contribution in [3.8, 4) is 0 Å². The van der Waals surface area contributed by atoms with Gasteiger partial charge in [0.15, 0.2) is 5.78 Å². The van der Waals surface area contributed by atoms with Gasteiger partial charge in [-0.25, -0.2) is 0 Å². The van der Waals surface area contributed by atoms with Crippen LogP contribution in [0.3, 0.4) is 0 Å². The van der Waals surface area contributed by atoms with Gasteiger partial charge in [0.2, 0.25) is 0 Å². The van der Waals surface area contributed by atoms with E-state index in [4.69, 9.17) is 4.42 Å². The first-order chi connectivity index (χ1) is 13.1. The lowest BCUT2D eigenvalue weighted by molar-refractivity contribution is 0.0711. The first kappa shape index (κ1) is 17.3. The number of carbonyl (C=O) groups excluding carboxylic acids is 2. The molecule has 5 heteroatoms. The number of hydrogen-bond donors (Lipinski definition) is 1. The molecule has 1 aliphatic rings.